The predicted molar refractivity (Wildman–Crippen MR) is 141 cm³/mol. The van der Waals surface area contributed by atoms with Crippen molar-refractivity contribution < 1.29 is 33.0 Å². The van der Waals surface area contributed by atoms with E-state index in [0.29, 0.717) is 44.1 Å². The number of carbonyl (C=O) groups is 3. The fourth-order valence-corrected chi connectivity index (χ4v) is 8.50. The van der Waals surface area contributed by atoms with Gasteiger partial charge in [-0.25, -0.2) is 14.0 Å². The zero-order chi connectivity index (χ0) is 27.7. The first-order valence-corrected chi connectivity index (χ1v) is 14.3. The number of fused-ring (bicyclic) bond motifs is 2. The number of esters is 1. The summed E-state index contributed by atoms with van der Waals surface area (Å²) >= 11 is 0. The van der Waals surface area contributed by atoms with Crippen LogP contribution in [0, 0.1) is 29.0 Å². The summed E-state index contributed by atoms with van der Waals surface area (Å²) in [7, 11) is 1.47. The number of ether oxygens (including phenoxy) is 3. The van der Waals surface area contributed by atoms with Crippen LogP contribution in [0.4, 0.5) is 19.7 Å². The maximum atomic E-state index is 14.2. The van der Waals surface area contributed by atoms with Gasteiger partial charge in [0.1, 0.15) is 17.5 Å². The molecule has 0 N–H and O–H groups in total. The molecule has 4 aliphatic carbocycles. The van der Waals surface area contributed by atoms with Crippen molar-refractivity contribution in [1.82, 2.24) is 4.90 Å². The molecule has 6 aliphatic rings. The fourth-order valence-electron chi connectivity index (χ4n) is 8.50. The first kappa shape index (κ1) is 26.4. The van der Waals surface area contributed by atoms with Crippen molar-refractivity contribution in [2.75, 3.05) is 31.6 Å². The molecular weight excluding hydrogens is 503 g/mol. The molecule has 5 fully saturated rings. The van der Waals surface area contributed by atoms with E-state index in [2.05, 4.69) is 0 Å². The van der Waals surface area contributed by atoms with Crippen LogP contribution in [0.2, 0.25) is 0 Å². The van der Waals surface area contributed by atoms with Crippen molar-refractivity contribution in [1.29, 1.82) is 0 Å². The van der Waals surface area contributed by atoms with Crippen LogP contribution in [0.5, 0.6) is 0 Å². The molecule has 1 aromatic rings. The van der Waals surface area contributed by atoms with Gasteiger partial charge in [0.15, 0.2) is 0 Å². The lowest BCUT2D eigenvalue weighted by Crippen LogP contribution is -2.58. The Labute approximate surface area is 229 Å². The van der Waals surface area contributed by atoms with Crippen molar-refractivity contribution in [3.8, 4) is 0 Å². The number of amides is 2. The van der Waals surface area contributed by atoms with E-state index in [0.717, 1.165) is 37.7 Å². The Bertz CT molecular complexity index is 1170. The molecule has 9 heteroatoms. The molecule has 0 aromatic heterocycles. The lowest BCUT2D eigenvalue weighted by atomic mass is 9.48. The Balaban J connectivity index is 1.13. The highest BCUT2D eigenvalue weighted by molar-refractivity contribution is 5.92. The van der Waals surface area contributed by atoms with Gasteiger partial charge in [0.25, 0.3) is 0 Å². The van der Waals surface area contributed by atoms with E-state index >= 15 is 0 Å². The predicted octanol–water partition coefficient (Wildman–Crippen LogP) is 5.42. The summed E-state index contributed by atoms with van der Waals surface area (Å²) in [5, 5.41) is 0. The highest BCUT2D eigenvalue weighted by atomic mass is 19.1. The molecule has 4 saturated carbocycles. The number of halogens is 1. The minimum atomic E-state index is -0.665. The van der Waals surface area contributed by atoms with Crippen molar-refractivity contribution >= 4 is 23.8 Å². The van der Waals surface area contributed by atoms with Gasteiger partial charge < -0.3 is 19.1 Å². The van der Waals surface area contributed by atoms with Gasteiger partial charge in [-0.05, 0) is 101 Å². The van der Waals surface area contributed by atoms with E-state index < -0.39 is 22.9 Å². The minimum Gasteiger partial charge on any atom is -0.469 e. The Kier molecular flexibility index (Phi) is 6.15. The molecule has 8 nitrogen and oxygen atoms in total. The van der Waals surface area contributed by atoms with Gasteiger partial charge in [-0.1, -0.05) is 6.07 Å². The maximum Gasteiger partial charge on any atom is 0.414 e. The molecule has 39 heavy (non-hydrogen) atoms. The second-order valence-electron chi connectivity index (χ2n) is 13.6. The number of hydrogen-bond acceptors (Lipinski definition) is 6. The standard InChI is InChI=1S/C30H39FN2O6/c1-28(2,3)39-27(36)33-17-29(22-6-5-21(31)13-23(22)33)7-9-32(10-8-29)26(35)38-24-19-11-18-12-20(24)16-30(14-18,15-19)25(34)37-4/h5-6,13,18-20,24H,7-12,14-17H2,1-4H3. The van der Waals surface area contributed by atoms with Gasteiger partial charge in [-0.3, -0.25) is 9.69 Å². The molecule has 212 valence electrons. The average molecular weight is 543 g/mol. The number of carbonyl (C=O) groups excluding carboxylic acids is 3. The molecule has 1 saturated heterocycles. The molecule has 2 atom stereocenters. The Morgan fingerprint density at radius 1 is 1.00 bits per heavy atom. The molecule has 2 aliphatic heterocycles. The molecule has 7 rings (SSSR count). The van der Waals surface area contributed by atoms with Crippen LogP contribution < -0.4 is 4.90 Å². The molecule has 1 aromatic carbocycles. The summed E-state index contributed by atoms with van der Waals surface area (Å²) in [5.74, 6) is 0.408. The number of likely N-dealkylation sites (tertiary alicyclic amines) is 1. The summed E-state index contributed by atoms with van der Waals surface area (Å²) in [6, 6.07) is 4.62. The van der Waals surface area contributed by atoms with E-state index in [1.807, 2.05) is 20.8 Å². The van der Waals surface area contributed by atoms with E-state index in [4.69, 9.17) is 14.2 Å². The van der Waals surface area contributed by atoms with Gasteiger partial charge in [0, 0.05) is 25.0 Å². The van der Waals surface area contributed by atoms with Crippen LogP contribution in [0.3, 0.4) is 0 Å². The quantitative estimate of drug-likeness (QED) is 0.367. The summed E-state index contributed by atoms with van der Waals surface area (Å²) in [4.78, 5) is 42.3. The number of hydrogen-bond donors (Lipinski definition) is 0. The number of piperidine rings is 1. The molecule has 4 bridgehead atoms. The first-order valence-electron chi connectivity index (χ1n) is 14.3. The lowest BCUT2D eigenvalue weighted by molar-refractivity contribution is -0.182. The average Bonchev–Trinajstić information content (AvgIpc) is 3.17. The third-order valence-corrected chi connectivity index (χ3v) is 9.92. The number of nitrogens with zero attached hydrogens (tertiary/aromatic N) is 2. The molecule has 2 amide bonds. The second-order valence-corrected chi connectivity index (χ2v) is 13.6. The van der Waals surface area contributed by atoms with E-state index in [1.165, 1.54) is 19.2 Å². The van der Waals surface area contributed by atoms with E-state index in [-0.39, 0.29) is 35.4 Å². The topological polar surface area (TPSA) is 85.4 Å². The van der Waals surface area contributed by atoms with Gasteiger partial charge in [-0.15, -0.1) is 0 Å². The summed E-state index contributed by atoms with van der Waals surface area (Å²) in [5.41, 5.74) is 0.0418. The van der Waals surface area contributed by atoms with E-state index in [1.54, 1.807) is 15.9 Å². The summed E-state index contributed by atoms with van der Waals surface area (Å²) < 4.78 is 31.2. The first-order chi connectivity index (χ1) is 18.4. The molecule has 2 unspecified atom stereocenters. The highest BCUT2D eigenvalue weighted by Crippen LogP contribution is 2.61. The lowest BCUT2D eigenvalue weighted by Gasteiger charge is -2.57. The van der Waals surface area contributed by atoms with Crippen molar-refractivity contribution in [3.05, 3.63) is 29.6 Å². The normalized spacial score (nSPS) is 32.2. The Hall–Kier alpha value is -2.84. The van der Waals surface area contributed by atoms with Gasteiger partial charge in [0.2, 0.25) is 0 Å². The second kappa shape index (κ2) is 9.10. The van der Waals surface area contributed by atoms with Gasteiger partial charge in [-0.2, -0.15) is 0 Å². The third-order valence-electron chi connectivity index (χ3n) is 9.92. The largest absolute Gasteiger partial charge is 0.469 e. The SMILES string of the molecule is COC(=O)C12CC3CC(C1)C(OC(=O)N1CCC4(CC1)CN(C(=O)OC(C)(C)C)c1cc(F)ccc14)C(C3)C2. The zero-order valence-electron chi connectivity index (χ0n) is 23.3. The molecule has 1 spiro atoms. The maximum absolute atomic E-state index is 14.2. The van der Waals surface area contributed by atoms with Crippen LogP contribution in [0.1, 0.15) is 71.3 Å². The fraction of sp³-hybridized carbons (Fsp3) is 0.700. The smallest absolute Gasteiger partial charge is 0.414 e. The van der Waals surface area contributed by atoms with Gasteiger partial charge >= 0.3 is 18.2 Å². The van der Waals surface area contributed by atoms with Crippen molar-refractivity contribution in [2.45, 2.75) is 82.8 Å². The van der Waals surface area contributed by atoms with Crippen LogP contribution in [-0.4, -0.2) is 61.5 Å². The molecule has 2 heterocycles. The summed E-state index contributed by atoms with van der Waals surface area (Å²) in [6.45, 7) is 6.82. The molecular formula is C30H39FN2O6. The van der Waals surface area contributed by atoms with Crippen LogP contribution >= 0.6 is 0 Å². The van der Waals surface area contributed by atoms with Gasteiger partial charge in [0.05, 0.1) is 18.2 Å². The van der Waals surface area contributed by atoms with Crippen LogP contribution in [0.15, 0.2) is 18.2 Å². The van der Waals surface area contributed by atoms with E-state index in [9.17, 15) is 18.8 Å². The number of rotatable bonds is 2. The third kappa shape index (κ3) is 4.45. The molecule has 0 radical (unpaired) electrons. The number of methoxy groups -OCH3 is 1. The summed E-state index contributed by atoms with van der Waals surface area (Å²) in [6.07, 6.45) is 4.73. The number of anilines is 1. The Morgan fingerprint density at radius 2 is 1.67 bits per heavy atom. The van der Waals surface area contributed by atoms with Crippen molar-refractivity contribution in [3.63, 3.8) is 0 Å². The monoisotopic (exact) mass is 542 g/mol. The Morgan fingerprint density at radius 3 is 2.28 bits per heavy atom. The van der Waals surface area contributed by atoms with Crippen LogP contribution in [0.25, 0.3) is 0 Å². The highest BCUT2D eigenvalue weighted by Gasteiger charge is 2.60. The van der Waals surface area contributed by atoms with Crippen molar-refractivity contribution in [2.24, 2.45) is 23.2 Å². The van der Waals surface area contributed by atoms with Crippen LogP contribution in [-0.2, 0) is 24.4 Å². The number of benzene rings is 1. The minimum absolute atomic E-state index is 0.106. The zero-order valence-corrected chi connectivity index (χ0v) is 23.3.